The molecule has 0 spiro atoms. The highest BCUT2D eigenvalue weighted by molar-refractivity contribution is 5.77. The number of nitrogens with zero attached hydrogens (tertiary/aromatic N) is 2. The maximum absolute atomic E-state index is 5.39. The fraction of sp³-hybridized carbons (Fsp3) is 0.467. The molecule has 3 heterocycles. The number of furan rings is 1. The zero-order chi connectivity index (χ0) is 11.9. The van der Waals surface area contributed by atoms with Gasteiger partial charge in [0.2, 0.25) is 0 Å². The summed E-state index contributed by atoms with van der Waals surface area (Å²) in [6, 6.07) is 9.38. The van der Waals surface area contributed by atoms with Gasteiger partial charge in [-0.15, -0.1) is 0 Å². The molecular formula is C15H18N2O. The molecule has 2 bridgehead atoms. The lowest BCUT2D eigenvalue weighted by atomic mass is 10.1. The third-order valence-electron chi connectivity index (χ3n) is 4.37. The van der Waals surface area contributed by atoms with Gasteiger partial charge in [0.1, 0.15) is 5.58 Å². The fourth-order valence-corrected chi connectivity index (χ4v) is 3.32. The Hall–Kier alpha value is -1.32. The van der Waals surface area contributed by atoms with Crippen molar-refractivity contribution in [3.8, 4) is 0 Å². The molecule has 94 valence electrons. The van der Waals surface area contributed by atoms with Gasteiger partial charge in [0.05, 0.1) is 6.26 Å². The summed E-state index contributed by atoms with van der Waals surface area (Å²) in [6.07, 6.45) is 3.11. The number of fused-ring (bicyclic) bond motifs is 3. The second-order valence-corrected chi connectivity index (χ2v) is 5.51. The van der Waals surface area contributed by atoms with E-state index < -0.39 is 0 Å². The average molecular weight is 242 g/mol. The minimum atomic E-state index is 0.777. The molecule has 2 aliphatic heterocycles. The van der Waals surface area contributed by atoms with E-state index in [1.807, 2.05) is 6.07 Å². The lowest BCUT2D eigenvalue weighted by Crippen LogP contribution is -2.46. The van der Waals surface area contributed by atoms with Crippen LogP contribution in [0.25, 0.3) is 11.0 Å². The highest BCUT2D eigenvalue weighted by atomic mass is 16.3. The molecule has 0 amide bonds. The van der Waals surface area contributed by atoms with Gasteiger partial charge < -0.3 is 9.32 Å². The highest BCUT2D eigenvalue weighted by Crippen LogP contribution is 2.24. The Balaban J connectivity index is 1.56. The van der Waals surface area contributed by atoms with Crippen molar-refractivity contribution >= 4 is 11.0 Å². The molecule has 4 rings (SSSR count). The van der Waals surface area contributed by atoms with E-state index in [0.29, 0.717) is 0 Å². The first-order valence-electron chi connectivity index (χ1n) is 6.81. The number of hydrogen-bond acceptors (Lipinski definition) is 3. The third kappa shape index (κ3) is 1.74. The third-order valence-corrected chi connectivity index (χ3v) is 4.37. The summed E-state index contributed by atoms with van der Waals surface area (Å²) in [5, 5.41) is 1.22. The Labute approximate surface area is 107 Å². The molecule has 2 atom stereocenters. The smallest absolute Gasteiger partial charge is 0.133 e. The largest absolute Gasteiger partial charge is 0.464 e. The van der Waals surface area contributed by atoms with Gasteiger partial charge in [-0.1, -0.05) is 6.07 Å². The van der Waals surface area contributed by atoms with Gasteiger partial charge in [0.25, 0.3) is 0 Å². The summed E-state index contributed by atoms with van der Waals surface area (Å²) in [5.41, 5.74) is 2.40. The maximum Gasteiger partial charge on any atom is 0.133 e. The molecule has 18 heavy (non-hydrogen) atoms. The summed E-state index contributed by atoms with van der Waals surface area (Å²) in [6.45, 7) is 6.11. The van der Waals surface area contributed by atoms with Crippen LogP contribution in [0.4, 0.5) is 0 Å². The molecule has 0 radical (unpaired) electrons. The van der Waals surface area contributed by atoms with Crippen LogP contribution in [0.5, 0.6) is 0 Å². The fourth-order valence-electron chi connectivity index (χ4n) is 3.32. The predicted molar refractivity (Wildman–Crippen MR) is 71.5 cm³/mol. The second kappa shape index (κ2) is 4.11. The molecule has 2 fully saturated rings. The number of benzene rings is 1. The van der Waals surface area contributed by atoms with Gasteiger partial charge in [0, 0.05) is 37.6 Å². The molecule has 1 aromatic heterocycles. The van der Waals surface area contributed by atoms with Crippen LogP contribution >= 0.6 is 0 Å². The predicted octanol–water partition coefficient (Wildman–Crippen LogP) is 2.32. The molecule has 0 N–H and O–H groups in total. The van der Waals surface area contributed by atoms with Crippen molar-refractivity contribution in [3.63, 3.8) is 0 Å². The molecule has 3 nitrogen and oxygen atoms in total. The minimum Gasteiger partial charge on any atom is -0.464 e. The summed E-state index contributed by atoms with van der Waals surface area (Å²) in [4.78, 5) is 5.23. The molecule has 3 heteroatoms. The maximum atomic E-state index is 5.39. The molecule has 2 aromatic rings. The van der Waals surface area contributed by atoms with Crippen LogP contribution in [0.1, 0.15) is 12.0 Å². The minimum absolute atomic E-state index is 0.777. The molecule has 2 saturated heterocycles. The van der Waals surface area contributed by atoms with E-state index in [0.717, 1.165) is 18.2 Å². The average Bonchev–Trinajstić information content (AvgIpc) is 3.00. The van der Waals surface area contributed by atoms with Crippen molar-refractivity contribution in [2.24, 2.45) is 0 Å². The quantitative estimate of drug-likeness (QED) is 0.806. The van der Waals surface area contributed by atoms with Gasteiger partial charge in [-0.05, 0) is 36.7 Å². The molecule has 1 aromatic carbocycles. The van der Waals surface area contributed by atoms with Crippen molar-refractivity contribution in [2.75, 3.05) is 26.2 Å². The van der Waals surface area contributed by atoms with E-state index in [2.05, 4.69) is 28.0 Å². The first-order valence-corrected chi connectivity index (χ1v) is 6.81. The van der Waals surface area contributed by atoms with E-state index in [9.17, 15) is 0 Å². The molecular weight excluding hydrogens is 224 g/mol. The van der Waals surface area contributed by atoms with Gasteiger partial charge in [-0.3, -0.25) is 4.90 Å². The van der Waals surface area contributed by atoms with Crippen LogP contribution in [-0.2, 0) is 6.54 Å². The van der Waals surface area contributed by atoms with Crippen molar-refractivity contribution in [1.29, 1.82) is 0 Å². The lowest BCUT2D eigenvalue weighted by Gasteiger charge is -2.34. The van der Waals surface area contributed by atoms with Crippen molar-refractivity contribution in [1.82, 2.24) is 9.80 Å². The van der Waals surface area contributed by atoms with E-state index >= 15 is 0 Å². The monoisotopic (exact) mass is 242 g/mol. The molecule has 2 unspecified atom stereocenters. The first kappa shape index (κ1) is 10.6. The Bertz CT molecular complexity index is 562. The Kier molecular flexibility index (Phi) is 2.42. The van der Waals surface area contributed by atoms with Gasteiger partial charge >= 0.3 is 0 Å². The zero-order valence-corrected chi connectivity index (χ0v) is 10.5. The molecule has 0 saturated carbocycles. The highest BCUT2D eigenvalue weighted by Gasteiger charge is 2.32. The summed E-state index contributed by atoms with van der Waals surface area (Å²) in [5.74, 6) is 0. The van der Waals surface area contributed by atoms with E-state index in [1.165, 1.54) is 43.5 Å². The van der Waals surface area contributed by atoms with Crippen LogP contribution in [0.3, 0.4) is 0 Å². The molecule has 2 aliphatic rings. The normalized spacial score (nSPS) is 28.0. The topological polar surface area (TPSA) is 19.6 Å². The standard InChI is InChI=1S/C15H18N2O/c1-2-15-13(4-8-18-15)9-12(1)10-17-7-6-16-5-3-14(17)11-16/h1-2,4,8-9,14H,3,5-7,10-11H2. The second-order valence-electron chi connectivity index (χ2n) is 5.51. The van der Waals surface area contributed by atoms with E-state index in [4.69, 9.17) is 4.42 Å². The number of hydrogen-bond donors (Lipinski definition) is 0. The first-order chi connectivity index (χ1) is 8.88. The van der Waals surface area contributed by atoms with Crippen LogP contribution in [0.15, 0.2) is 34.9 Å². The van der Waals surface area contributed by atoms with E-state index in [1.54, 1.807) is 6.26 Å². The van der Waals surface area contributed by atoms with Crippen LogP contribution in [0, 0.1) is 0 Å². The SMILES string of the molecule is c1cc2cc(CN3CCN4CCC3C4)ccc2o1. The van der Waals surface area contributed by atoms with Crippen molar-refractivity contribution in [2.45, 2.75) is 19.0 Å². The van der Waals surface area contributed by atoms with E-state index in [-0.39, 0.29) is 0 Å². The van der Waals surface area contributed by atoms with Crippen molar-refractivity contribution < 1.29 is 4.42 Å². The van der Waals surface area contributed by atoms with Crippen LogP contribution < -0.4 is 0 Å². The Morgan fingerprint density at radius 3 is 3.17 bits per heavy atom. The number of piperazine rings is 1. The summed E-state index contributed by atoms with van der Waals surface area (Å²) in [7, 11) is 0. The lowest BCUT2D eigenvalue weighted by molar-refractivity contribution is 0.128. The van der Waals surface area contributed by atoms with Gasteiger partial charge in [-0.25, -0.2) is 0 Å². The van der Waals surface area contributed by atoms with Gasteiger partial charge in [0.15, 0.2) is 0 Å². The summed E-state index contributed by atoms with van der Waals surface area (Å²) >= 11 is 0. The van der Waals surface area contributed by atoms with Gasteiger partial charge in [-0.2, -0.15) is 0 Å². The summed E-state index contributed by atoms with van der Waals surface area (Å²) < 4.78 is 5.39. The van der Waals surface area contributed by atoms with Crippen molar-refractivity contribution in [3.05, 3.63) is 36.1 Å². The zero-order valence-electron chi connectivity index (χ0n) is 10.5. The van der Waals surface area contributed by atoms with Crippen LogP contribution in [0.2, 0.25) is 0 Å². The number of rotatable bonds is 2. The Morgan fingerprint density at radius 2 is 2.17 bits per heavy atom. The van der Waals surface area contributed by atoms with Crippen LogP contribution in [-0.4, -0.2) is 42.0 Å². The Morgan fingerprint density at radius 1 is 1.17 bits per heavy atom. The molecule has 0 aliphatic carbocycles.